The SMILES string of the molecule is CC[CH-]CCS(=O)(=O)O.[Na+]. The summed E-state index contributed by atoms with van der Waals surface area (Å²) in [7, 11) is -3.73. The van der Waals surface area contributed by atoms with Gasteiger partial charge in [0, 0.05) is 5.75 Å². The second-order valence-electron chi connectivity index (χ2n) is 1.77. The molecule has 0 aromatic heterocycles. The van der Waals surface area contributed by atoms with Gasteiger partial charge in [0.25, 0.3) is 10.1 Å². The van der Waals surface area contributed by atoms with Crippen molar-refractivity contribution >= 4 is 10.1 Å². The summed E-state index contributed by atoms with van der Waals surface area (Å²) in [6, 6.07) is 0. The van der Waals surface area contributed by atoms with Crippen molar-refractivity contribution in [3.8, 4) is 0 Å². The van der Waals surface area contributed by atoms with E-state index in [2.05, 4.69) is 0 Å². The van der Waals surface area contributed by atoms with Gasteiger partial charge in [-0.1, -0.05) is 6.92 Å². The zero-order valence-corrected chi connectivity index (χ0v) is 9.19. The van der Waals surface area contributed by atoms with Crippen LogP contribution in [0.2, 0.25) is 0 Å². The molecule has 0 unspecified atom stereocenters. The molecule has 0 saturated heterocycles. The topological polar surface area (TPSA) is 54.4 Å². The molecule has 0 saturated carbocycles. The second kappa shape index (κ2) is 6.61. The van der Waals surface area contributed by atoms with Crippen molar-refractivity contribution in [1.82, 2.24) is 0 Å². The van der Waals surface area contributed by atoms with E-state index in [9.17, 15) is 8.42 Å². The molecule has 0 aliphatic rings. The fraction of sp³-hybridized carbons (Fsp3) is 0.800. The van der Waals surface area contributed by atoms with Crippen molar-refractivity contribution in [3.05, 3.63) is 6.42 Å². The Morgan fingerprint density at radius 1 is 1.50 bits per heavy atom. The Kier molecular flexibility index (Phi) is 8.92. The molecule has 0 atom stereocenters. The first-order valence-electron chi connectivity index (χ1n) is 2.83. The molecule has 56 valence electrons. The number of hydrogen-bond acceptors (Lipinski definition) is 2. The third kappa shape index (κ3) is 11.7. The van der Waals surface area contributed by atoms with Gasteiger partial charge in [-0.25, -0.2) is 0 Å². The van der Waals surface area contributed by atoms with Crippen molar-refractivity contribution in [2.75, 3.05) is 5.75 Å². The third-order valence-corrected chi connectivity index (χ3v) is 1.62. The van der Waals surface area contributed by atoms with E-state index >= 15 is 0 Å². The molecule has 5 heteroatoms. The van der Waals surface area contributed by atoms with Crippen LogP contribution in [0.3, 0.4) is 0 Å². The smallest absolute Gasteiger partial charge is 0.328 e. The first kappa shape index (κ1) is 13.5. The monoisotopic (exact) mass is 174 g/mol. The number of rotatable bonds is 4. The normalized spacial score (nSPS) is 10.6. The van der Waals surface area contributed by atoms with Crippen LogP contribution in [0, 0.1) is 6.42 Å². The molecule has 0 heterocycles. The van der Waals surface area contributed by atoms with Crippen molar-refractivity contribution in [1.29, 1.82) is 0 Å². The van der Waals surface area contributed by atoms with Gasteiger partial charge in [0.05, 0.1) is 0 Å². The van der Waals surface area contributed by atoms with Gasteiger partial charge in [0.1, 0.15) is 0 Å². The van der Waals surface area contributed by atoms with Gasteiger partial charge in [-0.3, -0.25) is 4.55 Å². The largest absolute Gasteiger partial charge is 1.00 e. The molecular weight excluding hydrogens is 163 g/mol. The summed E-state index contributed by atoms with van der Waals surface area (Å²) >= 11 is 0. The molecule has 3 nitrogen and oxygen atoms in total. The Bertz CT molecular complexity index is 152. The summed E-state index contributed by atoms with van der Waals surface area (Å²) in [5, 5.41) is 0. The maximum absolute atomic E-state index is 10.0. The maximum Gasteiger partial charge on any atom is 1.00 e. The maximum atomic E-state index is 10.0. The average Bonchev–Trinajstić information content (AvgIpc) is 1.63. The van der Waals surface area contributed by atoms with Crippen LogP contribution in [0.15, 0.2) is 0 Å². The summed E-state index contributed by atoms with van der Waals surface area (Å²) in [5.74, 6) is -0.152. The van der Waals surface area contributed by atoms with Gasteiger partial charge in [0.2, 0.25) is 0 Å². The molecule has 0 spiro atoms. The second-order valence-corrected chi connectivity index (χ2v) is 3.34. The van der Waals surface area contributed by atoms with Crippen LogP contribution in [0.1, 0.15) is 19.8 Å². The average molecular weight is 174 g/mol. The summed E-state index contributed by atoms with van der Waals surface area (Å²) in [6.45, 7) is 1.92. The number of hydrogen-bond donors (Lipinski definition) is 1. The molecule has 0 aliphatic carbocycles. The first-order valence-corrected chi connectivity index (χ1v) is 4.44. The Labute approximate surface area is 84.2 Å². The molecule has 0 rings (SSSR count). The first-order chi connectivity index (χ1) is 4.06. The van der Waals surface area contributed by atoms with Crippen LogP contribution >= 0.6 is 0 Å². The van der Waals surface area contributed by atoms with Gasteiger partial charge < -0.3 is 6.42 Å². The van der Waals surface area contributed by atoms with E-state index in [-0.39, 0.29) is 35.3 Å². The van der Waals surface area contributed by atoms with E-state index in [1.807, 2.05) is 13.3 Å². The Hall–Kier alpha value is 0.910. The van der Waals surface area contributed by atoms with E-state index in [1.54, 1.807) is 0 Å². The zero-order valence-electron chi connectivity index (χ0n) is 6.37. The summed E-state index contributed by atoms with van der Waals surface area (Å²) < 4.78 is 28.3. The van der Waals surface area contributed by atoms with Crippen molar-refractivity contribution in [3.63, 3.8) is 0 Å². The summed E-state index contributed by atoms with van der Waals surface area (Å²) in [5.41, 5.74) is 0. The third-order valence-electron chi connectivity index (χ3n) is 0.869. The molecule has 0 radical (unpaired) electrons. The predicted molar refractivity (Wildman–Crippen MR) is 35.6 cm³/mol. The summed E-state index contributed by atoms with van der Waals surface area (Å²) in [4.78, 5) is 0. The van der Waals surface area contributed by atoms with E-state index in [4.69, 9.17) is 4.55 Å². The van der Waals surface area contributed by atoms with Gasteiger partial charge in [-0.15, -0.1) is 0 Å². The molecule has 1 N–H and O–H groups in total. The van der Waals surface area contributed by atoms with Gasteiger partial charge in [-0.05, 0) is 0 Å². The number of unbranched alkanes of at least 4 members (excludes halogenated alkanes) is 2. The Balaban J connectivity index is 0. The fourth-order valence-corrected chi connectivity index (χ4v) is 0.901. The van der Waals surface area contributed by atoms with E-state index in [0.29, 0.717) is 6.42 Å². The fourth-order valence-electron chi connectivity index (χ4n) is 0.436. The van der Waals surface area contributed by atoms with Gasteiger partial charge in [-0.2, -0.15) is 21.3 Å². The Morgan fingerprint density at radius 3 is 2.30 bits per heavy atom. The molecule has 0 fully saturated rings. The van der Waals surface area contributed by atoms with Gasteiger partial charge in [0.15, 0.2) is 0 Å². The van der Waals surface area contributed by atoms with Crippen LogP contribution in [0.5, 0.6) is 0 Å². The van der Waals surface area contributed by atoms with Crippen molar-refractivity contribution in [2.45, 2.75) is 19.8 Å². The van der Waals surface area contributed by atoms with E-state index in [1.165, 1.54) is 0 Å². The molecule has 0 aromatic carbocycles. The Morgan fingerprint density at radius 2 is 2.00 bits per heavy atom. The minimum Gasteiger partial charge on any atom is -0.328 e. The van der Waals surface area contributed by atoms with Crippen molar-refractivity contribution < 1.29 is 42.5 Å². The molecule has 0 bridgehead atoms. The minimum atomic E-state index is -3.73. The zero-order chi connectivity index (χ0) is 7.33. The molecule has 0 aliphatic heterocycles. The van der Waals surface area contributed by atoms with E-state index < -0.39 is 10.1 Å². The van der Waals surface area contributed by atoms with Crippen molar-refractivity contribution in [2.24, 2.45) is 0 Å². The quantitative estimate of drug-likeness (QED) is 0.229. The van der Waals surface area contributed by atoms with Crippen LogP contribution in [-0.4, -0.2) is 18.7 Å². The minimum absolute atomic E-state index is 0. The van der Waals surface area contributed by atoms with Crippen LogP contribution < -0.4 is 29.6 Å². The van der Waals surface area contributed by atoms with E-state index in [0.717, 1.165) is 6.42 Å². The standard InChI is InChI=1S/C5H11O3S.Na/c1-2-3-4-5-9(6,7)8;/h3H,2,4-5H2,1H3,(H,6,7,8);/q-1;+1. The predicted octanol–water partition coefficient (Wildman–Crippen LogP) is -2.12. The van der Waals surface area contributed by atoms with Crippen LogP contribution in [0.25, 0.3) is 0 Å². The van der Waals surface area contributed by atoms with Gasteiger partial charge >= 0.3 is 29.6 Å². The summed E-state index contributed by atoms with van der Waals surface area (Å²) in [6.07, 6.45) is 3.10. The molecule has 10 heavy (non-hydrogen) atoms. The molecule has 0 aromatic rings. The molecule has 0 amide bonds. The molecular formula is C5H11NaO3S. The van der Waals surface area contributed by atoms with Crippen LogP contribution in [-0.2, 0) is 10.1 Å². The van der Waals surface area contributed by atoms with Crippen LogP contribution in [0.4, 0.5) is 0 Å².